The lowest BCUT2D eigenvalue weighted by Gasteiger charge is -2.14. The Morgan fingerprint density at radius 2 is 2.07 bits per heavy atom. The molecule has 1 aliphatic heterocycles. The topological polar surface area (TPSA) is 89.3 Å². The maximum absolute atomic E-state index is 14.7. The molecule has 1 saturated heterocycles. The van der Waals surface area contributed by atoms with Gasteiger partial charge in [-0.1, -0.05) is 12.8 Å². The van der Waals surface area contributed by atoms with Crippen molar-refractivity contribution in [3.8, 4) is 17.1 Å². The van der Waals surface area contributed by atoms with Crippen LogP contribution in [0.15, 0.2) is 18.5 Å². The molecule has 29 heavy (non-hydrogen) atoms. The van der Waals surface area contributed by atoms with Crippen LogP contribution in [0.1, 0.15) is 43.7 Å². The molecule has 2 fully saturated rings. The molecule has 9 heteroatoms. The van der Waals surface area contributed by atoms with Gasteiger partial charge in [0, 0.05) is 24.6 Å². The minimum absolute atomic E-state index is 0.191. The number of hydrogen-bond acceptors (Lipinski definition) is 7. The number of aromatic nitrogens is 5. The monoisotopic (exact) mass is 397 g/mol. The van der Waals surface area contributed by atoms with Crippen molar-refractivity contribution in [2.75, 3.05) is 25.5 Å². The van der Waals surface area contributed by atoms with E-state index in [1.165, 1.54) is 19.0 Å². The smallest absolute Gasteiger partial charge is 0.223 e. The van der Waals surface area contributed by atoms with Crippen molar-refractivity contribution in [2.24, 2.45) is 0 Å². The second-order valence-electron chi connectivity index (χ2n) is 7.72. The predicted octanol–water partition coefficient (Wildman–Crippen LogP) is 2.77. The first-order chi connectivity index (χ1) is 14.2. The molecule has 0 aromatic carbocycles. The van der Waals surface area contributed by atoms with E-state index in [1.807, 2.05) is 6.07 Å². The molecule has 1 atom stereocenters. The lowest BCUT2D eigenvalue weighted by molar-refractivity contribution is 0.399. The normalized spacial score (nSPS) is 19.9. The van der Waals surface area contributed by atoms with E-state index < -0.39 is 5.82 Å². The molecule has 2 aliphatic rings. The van der Waals surface area contributed by atoms with Gasteiger partial charge in [0.15, 0.2) is 11.5 Å². The van der Waals surface area contributed by atoms with Gasteiger partial charge in [0.05, 0.1) is 19.5 Å². The number of ether oxygens (including phenoxy) is 1. The minimum Gasteiger partial charge on any atom is -0.495 e. The summed E-state index contributed by atoms with van der Waals surface area (Å²) in [5, 5.41) is 11.4. The molecule has 0 spiro atoms. The summed E-state index contributed by atoms with van der Waals surface area (Å²) in [6, 6.07) is 2.11. The summed E-state index contributed by atoms with van der Waals surface area (Å²) in [7, 11) is 1.65. The van der Waals surface area contributed by atoms with Gasteiger partial charge in [-0.15, -0.1) is 0 Å². The van der Waals surface area contributed by atoms with Crippen LogP contribution in [0.3, 0.4) is 0 Å². The SMILES string of the molecule is COc1cc2ncc(-c3nc(NC4CCNC4)ncc3F)n2nc1C1CCCC1. The number of hydrogen-bond donors (Lipinski definition) is 2. The Morgan fingerprint density at radius 3 is 2.83 bits per heavy atom. The molecule has 1 saturated carbocycles. The molecule has 152 valence electrons. The summed E-state index contributed by atoms with van der Waals surface area (Å²) in [4.78, 5) is 13.0. The first-order valence-electron chi connectivity index (χ1n) is 10.2. The fourth-order valence-corrected chi connectivity index (χ4v) is 4.30. The number of anilines is 1. The maximum Gasteiger partial charge on any atom is 0.223 e. The Labute approximate surface area is 167 Å². The second kappa shape index (κ2) is 7.55. The van der Waals surface area contributed by atoms with Crippen LogP contribution in [0.2, 0.25) is 0 Å². The molecule has 0 amide bonds. The van der Waals surface area contributed by atoms with Gasteiger partial charge in [-0.3, -0.25) is 0 Å². The van der Waals surface area contributed by atoms with E-state index in [0.717, 1.165) is 43.8 Å². The third-order valence-corrected chi connectivity index (χ3v) is 5.83. The molecular weight excluding hydrogens is 373 g/mol. The van der Waals surface area contributed by atoms with Crippen molar-refractivity contribution >= 4 is 11.6 Å². The average molecular weight is 397 g/mol. The number of nitrogens with one attached hydrogen (secondary N) is 2. The number of fused-ring (bicyclic) bond motifs is 1. The third-order valence-electron chi connectivity index (χ3n) is 5.83. The zero-order valence-electron chi connectivity index (χ0n) is 16.4. The Morgan fingerprint density at radius 1 is 1.21 bits per heavy atom. The first kappa shape index (κ1) is 18.2. The van der Waals surface area contributed by atoms with Crippen LogP contribution in [0.25, 0.3) is 17.0 Å². The van der Waals surface area contributed by atoms with Crippen molar-refractivity contribution in [3.63, 3.8) is 0 Å². The number of imidazole rings is 1. The quantitative estimate of drug-likeness (QED) is 0.684. The zero-order valence-corrected chi connectivity index (χ0v) is 16.4. The highest BCUT2D eigenvalue weighted by atomic mass is 19.1. The number of methoxy groups -OCH3 is 1. The molecule has 5 rings (SSSR count). The summed E-state index contributed by atoms with van der Waals surface area (Å²) in [6.45, 7) is 1.80. The summed E-state index contributed by atoms with van der Waals surface area (Å²) >= 11 is 0. The van der Waals surface area contributed by atoms with Crippen molar-refractivity contribution in [1.82, 2.24) is 29.9 Å². The van der Waals surface area contributed by atoms with Gasteiger partial charge in [-0.25, -0.2) is 23.9 Å². The summed E-state index contributed by atoms with van der Waals surface area (Å²) in [5.41, 5.74) is 2.21. The van der Waals surface area contributed by atoms with Gasteiger partial charge in [0.1, 0.15) is 22.8 Å². The van der Waals surface area contributed by atoms with Gasteiger partial charge < -0.3 is 15.4 Å². The fourth-order valence-electron chi connectivity index (χ4n) is 4.30. The van der Waals surface area contributed by atoms with E-state index in [1.54, 1.807) is 17.8 Å². The van der Waals surface area contributed by atoms with Gasteiger partial charge in [-0.05, 0) is 25.8 Å². The van der Waals surface area contributed by atoms with E-state index in [-0.39, 0.29) is 11.7 Å². The number of nitrogens with zero attached hydrogens (tertiary/aromatic N) is 5. The maximum atomic E-state index is 14.7. The molecule has 3 aromatic rings. The van der Waals surface area contributed by atoms with Crippen molar-refractivity contribution in [3.05, 3.63) is 30.0 Å². The summed E-state index contributed by atoms with van der Waals surface area (Å²) in [5.74, 6) is 1.00. The highest BCUT2D eigenvalue weighted by Gasteiger charge is 2.25. The van der Waals surface area contributed by atoms with E-state index in [0.29, 0.717) is 23.2 Å². The van der Waals surface area contributed by atoms with Crippen LogP contribution in [0.5, 0.6) is 5.75 Å². The molecule has 0 bridgehead atoms. The van der Waals surface area contributed by atoms with Crippen molar-refractivity contribution in [1.29, 1.82) is 0 Å². The standard InChI is InChI=1S/C20H24FN7O/c1-29-16-8-17-23-11-15(28(17)27-18(16)12-4-2-3-5-12)19-14(21)10-24-20(26-19)25-13-6-7-22-9-13/h8,10-13,22H,2-7,9H2,1H3,(H,24,25,26). The fraction of sp³-hybridized carbons (Fsp3) is 0.500. The van der Waals surface area contributed by atoms with Crippen LogP contribution < -0.4 is 15.4 Å². The molecule has 1 aliphatic carbocycles. The van der Waals surface area contributed by atoms with E-state index >= 15 is 0 Å². The first-order valence-corrected chi connectivity index (χ1v) is 10.2. The van der Waals surface area contributed by atoms with Crippen molar-refractivity contribution in [2.45, 2.75) is 44.1 Å². The van der Waals surface area contributed by atoms with E-state index in [4.69, 9.17) is 9.84 Å². The van der Waals surface area contributed by atoms with Gasteiger partial charge >= 0.3 is 0 Å². The molecule has 8 nitrogen and oxygen atoms in total. The van der Waals surface area contributed by atoms with Crippen LogP contribution in [0.4, 0.5) is 10.3 Å². The van der Waals surface area contributed by atoms with Crippen LogP contribution in [-0.2, 0) is 0 Å². The Balaban J connectivity index is 1.56. The van der Waals surface area contributed by atoms with Gasteiger partial charge in [0.25, 0.3) is 0 Å². The van der Waals surface area contributed by atoms with Crippen LogP contribution >= 0.6 is 0 Å². The largest absolute Gasteiger partial charge is 0.495 e. The van der Waals surface area contributed by atoms with Crippen LogP contribution in [-0.4, -0.2) is 50.8 Å². The molecule has 2 N–H and O–H groups in total. The van der Waals surface area contributed by atoms with Gasteiger partial charge in [-0.2, -0.15) is 5.10 Å². The van der Waals surface area contributed by atoms with Crippen molar-refractivity contribution < 1.29 is 9.13 Å². The third kappa shape index (κ3) is 3.39. The van der Waals surface area contributed by atoms with Gasteiger partial charge in [0.2, 0.25) is 5.95 Å². The van der Waals surface area contributed by atoms with Crippen LogP contribution in [0, 0.1) is 5.82 Å². The molecule has 0 radical (unpaired) electrons. The molecular formula is C20H24FN7O. The minimum atomic E-state index is -0.498. The lowest BCUT2D eigenvalue weighted by Crippen LogP contribution is -2.23. The average Bonchev–Trinajstić information content (AvgIpc) is 3.50. The van der Waals surface area contributed by atoms with E-state index in [9.17, 15) is 4.39 Å². The van der Waals surface area contributed by atoms with E-state index in [2.05, 4.69) is 25.6 Å². The predicted molar refractivity (Wildman–Crippen MR) is 107 cm³/mol. The Kier molecular flexibility index (Phi) is 4.75. The number of halogens is 1. The highest BCUT2D eigenvalue weighted by molar-refractivity contribution is 5.62. The zero-order chi connectivity index (χ0) is 19.8. The molecule has 1 unspecified atom stereocenters. The summed E-state index contributed by atoms with van der Waals surface area (Å²) in [6.07, 6.45) is 8.35. The second-order valence-corrected chi connectivity index (χ2v) is 7.72. The Bertz CT molecular complexity index is 1030. The number of rotatable bonds is 5. The lowest BCUT2D eigenvalue weighted by atomic mass is 10.0. The highest BCUT2D eigenvalue weighted by Crippen LogP contribution is 2.38. The molecule has 3 aromatic heterocycles. The molecule has 4 heterocycles. The summed E-state index contributed by atoms with van der Waals surface area (Å²) < 4.78 is 21.9. The Hall–Kier alpha value is -2.81.